The highest BCUT2D eigenvalue weighted by Gasteiger charge is 2.28. The van der Waals surface area contributed by atoms with Crippen LogP contribution in [0.1, 0.15) is 67.3 Å². The van der Waals surface area contributed by atoms with Crippen LogP contribution in [0.3, 0.4) is 0 Å². The maximum atomic E-state index is 13.9. The van der Waals surface area contributed by atoms with Crippen molar-refractivity contribution in [2.24, 2.45) is 0 Å². The lowest BCUT2D eigenvalue weighted by atomic mass is 10.1. The summed E-state index contributed by atoms with van der Waals surface area (Å²) in [5, 5.41) is 1.07. The van der Waals surface area contributed by atoms with Gasteiger partial charge in [-0.05, 0) is 68.3 Å². The van der Waals surface area contributed by atoms with Gasteiger partial charge in [0.15, 0.2) is 0 Å². The number of unbranched alkanes of at least 4 members (excludes halogenated alkanes) is 3. The molecular weight excluding hydrogens is 498 g/mol. The number of benzene rings is 3. The van der Waals surface area contributed by atoms with Gasteiger partial charge in [-0.2, -0.15) is 0 Å². The molecule has 0 aliphatic rings. The van der Waals surface area contributed by atoms with Crippen LogP contribution in [-0.2, 0) is 0 Å². The topological polar surface area (TPSA) is 64.4 Å². The molecule has 0 bridgehead atoms. The Hall–Kier alpha value is -3.64. The number of aromatic nitrogens is 2. The second-order valence-corrected chi connectivity index (χ2v) is 9.89. The largest absolute Gasteiger partial charge is 0.497 e. The number of hydrogen-bond donors (Lipinski definition) is 0. The Morgan fingerprint density at radius 3 is 2.58 bits per heavy atom. The molecule has 1 amide bonds. The fraction of sp³-hybridized carbons (Fsp3) is 0.323. The molecule has 1 atom stereocenters. The van der Waals surface area contributed by atoms with E-state index in [0.717, 1.165) is 31.2 Å². The summed E-state index contributed by atoms with van der Waals surface area (Å²) in [6, 6.07) is 19.5. The Balaban J connectivity index is 1.89. The highest BCUT2D eigenvalue weighted by molar-refractivity contribution is 6.31. The van der Waals surface area contributed by atoms with Gasteiger partial charge in [-0.15, -0.1) is 0 Å². The summed E-state index contributed by atoms with van der Waals surface area (Å²) < 4.78 is 6.98. The van der Waals surface area contributed by atoms with Crippen LogP contribution in [0.25, 0.3) is 16.6 Å². The third kappa shape index (κ3) is 5.60. The second-order valence-electron chi connectivity index (χ2n) is 9.48. The Morgan fingerprint density at radius 1 is 1.05 bits per heavy atom. The summed E-state index contributed by atoms with van der Waals surface area (Å²) in [7, 11) is 1.58. The summed E-state index contributed by atoms with van der Waals surface area (Å²) in [4.78, 5) is 34.6. The minimum Gasteiger partial charge on any atom is -0.497 e. The zero-order valence-electron chi connectivity index (χ0n) is 22.4. The SMILES string of the molecule is CCCCCCN(C(=O)c1cccc(OC)c1)C(C)c1nc2ccccc2c(=O)n1-c1cccc(Cl)c1C. The van der Waals surface area contributed by atoms with Crippen molar-refractivity contribution in [1.29, 1.82) is 0 Å². The zero-order valence-corrected chi connectivity index (χ0v) is 23.2. The van der Waals surface area contributed by atoms with Gasteiger partial charge in [-0.1, -0.05) is 62.1 Å². The van der Waals surface area contributed by atoms with Gasteiger partial charge in [0.2, 0.25) is 0 Å². The van der Waals surface area contributed by atoms with E-state index in [1.54, 1.807) is 35.9 Å². The Kier molecular flexibility index (Phi) is 8.85. The quantitative estimate of drug-likeness (QED) is 0.204. The number of fused-ring (bicyclic) bond motifs is 1. The Morgan fingerprint density at radius 2 is 1.82 bits per heavy atom. The first-order valence-corrected chi connectivity index (χ1v) is 13.5. The van der Waals surface area contributed by atoms with Crippen molar-refractivity contribution in [2.45, 2.75) is 52.5 Å². The highest BCUT2D eigenvalue weighted by atomic mass is 35.5. The molecule has 1 unspecified atom stereocenters. The molecule has 0 N–H and O–H groups in total. The van der Waals surface area contributed by atoms with Gasteiger partial charge in [0.1, 0.15) is 11.6 Å². The van der Waals surface area contributed by atoms with Crippen molar-refractivity contribution >= 4 is 28.4 Å². The van der Waals surface area contributed by atoms with Gasteiger partial charge >= 0.3 is 0 Å². The number of methoxy groups -OCH3 is 1. The monoisotopic (exact) mass is 531 g/mol. The summed E-state index contributed by atoms with van der Waals surface area (Å²) in [5.74, 6) is 0.972. The van der Waals surface area contributed by atoms with Crippen LogP contribution in [0, 0.1) is 6.92 Å². The molecule has 0 saturated carbocycles. The lowest BCUT2D eigenvalue weighted by Gasteiger charge is -2.31. The number of carbonyl (C=O) groups excluding carboxylic acids is 1. The van der Waals surface area contributed by atoms with Crippen molar-refractivity contribution in [3.63, 3.8) is 0 Å². The smallest absolute Gasteiger partial charge is 0.266 e. The predicted octanol–water partition coefficient (Wildman–Crippen LogP) is 7.14. The molecule has 3 aromatic carbocycles. The average molecular weight is 532 g/mol. The molecule has 7 heteroatoms. The third-order valence-corrected chi connectivity index (χ3v) is 7.36. The molecular formula is C31H34ClN3O3. The first-order valence-electron chi connectivity index (χ1n) is 13.1. The molecule has 38 heavy (non-hydrogen) atoms. The van der Waals surface area contributed by atoms with Crippen molar-refractivity contribution in [3.05, 3.63) is 99.1 Å². The number of para-hydroxylation sites is 1. The normalized spacial score (nSPS) is 11.9. The maximum absolute atomic E-state index is 13.9. The van der Waals surface area contributed by atoms with Gasteiger partial charge in [0, 0.05) is 17.1 Å². The Labute approximate surface area is 228 Å². The first-order chi connectivity index (χ1) is 18.4. The van der Waals surface area contributed by atoms with Crippen molar-refractivity contribution in [3.8, 4) is 11.4 Å². The molecule has 0 saturated heterocycles. The number of carbonyl (C=O) groups is 1. The summed E-state index contributed by atoms with van der Waals surface area (Å²) in [5.41, 5.74) is 2.36. The number of amides is 1. The second kappa shape index (κ2) is 12.3. The van der Waals surface area contributed by atoms with E-state index in [-0.39, 0.29) is 11.5 Å². The fourth-order valence-electron chi connectivity index (χ4n) is 4.74. The van der Waals surface area contributed by atoms with E-state index in [9.17, 15) is 9.59 Å². The van der Waals surface area contributed by atoms with E-state index < -0.39 is 6.04 Å². The van der Waals surface area contributed by atoms with Crippen LogP contribution in [0.4, 0.5) is 0 Å². The minimum atomic E-state index is -0.494. The number of rotatable bonds is 10. The van der Waals surface area contributed by atoms with Crippen LogP contribution >= 0.6 is 11.6 Å². The number of ether oxygens (including phenoxy) is 1. The molecule has 1 aromatic heterocycles. The van der Waals surface area contributed by atoms with E-state index in [2.05, 4.69) is 6.92 Å². The Bertz CT molecular complexity index is 1500. The van der Waals surface area contributed by atoms with Crippen LogP contribution in [0.5, 0.6) is 5.75 Å². The molecule has 0 aliphatic carbocycles. The van der Waals surface area contributed by atoms with Gasteiger partial charge in [0.25, 0.3) is 11.5 Å². The molecule has 0 spiro atoms. The maximum Gasteiger partial charge on any atom is 0.266 e. The molecule has 1 heterocycles. The molecule has 6 nitrogen and oxygen atoms in total. The number of halogens is 1. The number of nitrogens with zero attached hydrogens (tertiary/aromatic N) is 3. The molecule has 0 aliphatic heterocycles. The van der Waals surface area contributed by atoms with Crippen LogP contribution in [-0.4, -0.2) is 34.0 Å². The minimum absolute atomic E-state index is 0.135. The number of hydrogen-bond acceptors (Lipinski definition) is 4. The summed E-state index contributed by atoms with van der Waals surface area (Å²) >= 11 is 6.47. The van der Waals surface area contributed by atoms with Gasteiger partial charge in [-0.25, -0.2) is 4.98 Å². The summed E-state index contributed by atoms with van der Waals surface area (Å²) in [6.07, 6.45) is 4.05. The van der Waals surface area contributed by atoms with E-state index in [0.29, 0.717) is 45.3 Å². The van der Waals surface area contributed by atoms with E-state index in [4.69, 9.17) is 21.3 Å². The lowest BCUT2D eigenvalue weighted by Crippen LogP contribution is -2.38. The van der Waals surface area contributed by atoms with E-state index in [1.807, 2.05) is 61.2 Å². The molecule has 0 radical (unpaired) electrons. The van der Waals surface area contributed by atoms with Crippen molar-refractivity contribution in [2.75, 3.05) is 13.7 Å². The van der Waals surface area contributed by atoms with E-state index >= 15 is 0 Å². The fourth-order valence-corrected chi connectivity index (χ4v) is 4.91. The zero-order chi connectivity index (χ0) is 27.2. The molecule has 198 valence electrons. The van der Waals surface area contributed by atoms with Crippen molar-refractivity contribution < 1.29 is 9.53 Å². The lowest BCUT2D eigenvalue weighted by molar-refractivity contribution is 0.0676. The summed E-state index contributed by atoms with van der Waals surface area (Å²) in [6.45, 7) is 6.52. The van der Waals surface area contributed by atoms with Gasteiger partial charge in [0.05, 0.1) is 29.7 Å². The highest BCUT2D eigenvalue weighted by Crippen LogP contribution is 2.29. The third-order valence-electron chi connectivity index (χ3n) is 6.95. The van der Waals surface area contributed by atoms with Crippen LogP contribution in [0.15, 0.2) is 71.5 Å². The van der Waals surface area contributed by atoms with Crippen LogP contribution in [0.2, 0.25) is 5.02 Å². The first kappa shape index (κ1) is 27.4. The van der Waals surface area contributed by atoms with Crippen LogP contribution < -0.4 is 10.3 Å². The molecule has 4 aromatic rings. The molecule has 0 fully saturated rings. The average Bonchev–Trinajstić information content (AvgIpc) is 2.94. The standard InChI is InChI=1S/C31H34ClN3O3/c1-5-6-7-10-19-34(30(36)23-13-11-14-24(20-23)38-4)22(3)29-33-27-17-9-8-15-25(27)31(37)35(29)28-18-12-16-26(32)21(28)2/h8-9,11-18,20,22H,5-7,10,19H2,1-4H3. The van der Waals surface area contributed by atoms with E-state index in [1.165, 1.54) is 0 Å². The van der Waals surface area contributed by atoms with Crippen molar-refractivity contribution in [1.82, 2.24) is 14.5 Å². The predicted molar refractivity (Wildman–Crippen MR) is 154 cm³/mol. The van der Waals surface area contributed by atoms with Gasteiger partial charge < -0.3 is 9.64 Å². The van der Waals surface area contributed by atoms with Gasteiger partial charge in [-0.3, -0.25) is 14.2 Å². The molecule has 4 rings (SSSR count).